The van der Waals surface area contributed by atoms with Crippen LogP contribution in [0.5, 0.6) is 0 Å². The number of nitrogens with one attached hydrogen (secondary N) is 1. The molecule has 0 saturated carbocycles. The van der Waals surface area contributed by atoms with Gasteiger partial charge in [0.15, 0.2) is 5.78 Å². The van der Waals surface area contributed by atoms with Gasteiger partial charge in [0.25, 0.3) is 5.91 Å². The van der Waals surface area contributed by atoms with Crippen molar-refractivity contribution in [3.8, 4) is 0 Å². The predicted octanol–water partition coefficient (Wildman–Crippen LogP) is 3.47. The third kappa shape index (κ3) is 3.55. The Morgan fingerprint density at radius 3 is 2.50 bits per heavy atom. The number of hydrogen-bond donors (Lipinski definition) is 1. The summed E-state index contributed by atoms with van der Waals surface area (Å²) in [7, 11) is 0. The molecule has 4 rings (SSSR count). The molecule has 2 aromatic rings. The van der Waals surface area contributed by atoms with E-state index in [0.717, 1.165) is 28.4 Å². The maximum Gasteiger partial charge on any atom is 0.251 e. The number of carbonyl (C=O) groups excluding carboxylic acids is 2. The molecular formula is C21H22N2O2S. The van der Waals surface area contributed by atoms with Crippen LogP contribution in [0, 0.1) is 5.92 Å². The van der Waals surface area contributed by atoms with E-state index in [4.69, 9.17) is 0 Å². The number of Topliss-reactive ketones (excluding diaryl/α,β-unsaturated/α-hetero) is 1. The molecule has 0 radical (unpaired) electrons. The number of piperidine rings is 1. The molecule has 1 amide bonds. The lowest BCUT2D eigenvalue weighted by Crippen LogP contribution is -2.43. The van der Waals surface area contributed by atoms with Crippen LogP contribution in [0.15, 0.2) is 58.3 Å². The Balaban J connectivity index is 1.42. The van der Waals surface area contributed by atoms with Crippen molar-refractivity contribution >= 4 is 23.5 Å². The number of fused-ring (bicyclic) bond motifs is 2. The van der Waals surface area contributed by atoms with Gasteiger partial charge in [0, 0.05) is 40.0 Å². The molecule has 2 fully saturated rings. The molecule has 2 saturated heterocycles. The van der Waals surface area contributed by atoms with Gasteiger partial charge >= 0.3 is 0 Å². The van der Waals surface area contributed by atoms with Crippen LogP contribution in [0.4, 0.5) is 0 Å². The van der Waals surface area contributed by atoms with Gasteiger partial charge in [-0.1, -0.05) is 30.0 Å². The zero-order chi connectivity index (χ0) is 18.1. The van der Waals surface area contributed by atoms with Gasteiger partial charge in [0.05, 0.1) is 0 Å². The van der Waals surface area contributed by atoms with Crippen molar-refractivity contribution in [2.24, 2.45) is 5.92 Å². The van der Waals surface area contributed by atoms with E-state index in [9.17, 15) is 9.59 Å². The maximum absolute atomic E-state index is 12.5. The minimum Gasteiger partial charge on any atom is -0.348 e. The first-order chi connectivity index (χ1) is 12.6. The lowest BCUT2D eigenvalue weighted by atomic mass is 9.99. The largest absolute Gasteiger partial charge is 0.348 e. The van der Waals surface area contributed by atoms with Crippen LogP contribution in [0.1, 0.15) is 34.1 Å². The summed E-state index contributed by atoms with van der Waals surface area (Å²) in [6.07, 6.45) is 1.19. The lowest BCUT2D eigenvalue weighted by Gasteiger charge is -2.23. The standard InChI is InChI=1S/C21H22N2O2S/c1-14(24)18-4-2-3-5-20(18)26-17-8-6-15(7-9-17)21(25)22-19-13-23-11-10-16(19)12-23/h2-9,16,19H,10-13H2,1H3,(H,22,25)/t16-,19?/m0/s1. The molecule has 5 heteroatoms. The van der Waals surface area contributed by atoms with Gasteiger partial charge in [-0.2, -0.15) is 0 Å². The maximum atomic E-state index is 12.5. The van der Waals surface area contributed by atoms with E-state index < -0.39 is 0 Å². The molecule has 4 nitrogen and oxygen atoms in total. The second-order valence-electron chi connectivity index (χ2n) is 7.07. The molecule has 26 heavy (non-hydrogen) atoms. The average Bonchev–Trinajstić information content (AvgIpc) is 3.25. The second kappa shape index (κ2) is 7.25. The van der Waals surface area contributed by atoms with Crippen molar-refractivity contribution in [3.05, 3.63) is 59.7 Å². The van der Waals surface area contributed by atoms with E-state index in [2.05, 4.69) is 10.2 Å². The Kier molecular flexibility index (Phi) is 4.83. The minimum atomic E-state index is 0.00411. The number of nitrogens with zero attached hydrogens (tertiary/aromatic N) is 1. The molecule has 0 aliphatic carbocycles. The zero-order valence-electron chi connectivity index (χ0n) is 14.8. The van der Waals surface area contributed by atoms with Gasteiger partial charge in [-0.3, -0.25) is 9.59 Å². The Morgan fingerprint density at radius 2 is 1.85 bits per heavy atom. The average molecular weight is 366 g/mol. The van der Waals surface area contributed by atoms with E-state index in [1.165, 1.54) is 13.0 Å². The monoisotopic (exact) mass is 366 g/mol. The van der Waals surface area contributed by atoms with Gasteiger partial charge in [-0.25, -0.2) is 0 Å². The number of hydrogen-bond acceptors (Lipinski definition) is 4. The van der Waals surface area contributed by atoms with Gasteiger partial charge in [0.2, 0.25) is 0 Å². The molecule has 2 unspecified atom stereocenters. The quantitative estimate of drug-likeness (QED) is 0.823. The summed E-state index contributed by atoms with van der Waals surface area (Å²) in [6.45, 7) is 4.85. The number of benzene rings is 2. The molecule has 1 N–H and O–H groups in total. The minimum absolute atomic E-state index is 0.00411. The molecular weight excluding hydrogens is 344 g/mol. The molecule has 3 atom stereocenters. The predicted molar refractivity (Wildman–Crippen MR) is 103 cm³/mol. The van der Waals surface area contributed by atoms with E-state index in [1.54, 1.807) is 18.7 Å². The Bertz CT molecular complexity index is 834. The van der Waals surface area contributed by atoms with Crippen LogP contribution in [-0.4, -0.2) is 42.3 Å². The van der Waals surface area contributed by atoms with Crippen molar-refractivity contribution in [1.29, 1.82) is 0 Å². The highest BCUT2D eigenvalue weighted by atomic mass is 32.2. The summed E-state index contributed by atoms with van der Waals surface area (Å²) in [6, 6.07) is 15.5. The molecule has 2 aliphatic heterocycles. The molecule has 2 bridgehead atoms. The van der Waals surface area contributed by atoms with Crippen LogP contribution in [0.2, 0.25) is 0 Å². The van der Waals surface area contributed by atoms with Gasteiger partial charge in [0.1, 0.15) is 0 Å². The van der Waals surface area contributed by atoms with Crippen LogP contribution in [-0.2, 0) is 0 Å². The molecule has 0 spiro atoms. The third-order valence-electron chi connectivity index (χ3n) is 5.26. The third-order valence-corrected chi connectivity index (χ3v) is 6.34. The molecule has 2 aliphatic rings. The fraction of sp³-hybridized carbons (Fsp3) is 0.333. The first-order valence-electron chi connectivity index (χ1n) is 9.01. The summed E-state index contributed by atoms with van der Waals surface area (Å²) in [5.74, 6) is 0.673. The second-order valence-corrected chi connectivity index (χ2v) is 8.18. The molecule has 2 heterocycles. The highest BCUT2D eigenvalue weighted by Gasteiger charge is 2.38. The number of carbonyl (C=O) groups is 2. The van der Waals surface area contributed by atoms with Crippen LogP contribution in [0.3, 0.4) is 0 Å². The van der Waals surface area contributed by atoms with E-state index >= 15 is 0 Å². The van der Waals surface area contributed by atoms with Crippen molar-refractivity contribution in [1.82, 2.24) is 10.2 Å². The van der Waals surface area contributed by atoms with Crippen LogP contribution >= 0.6 is 11.8 Å². The van der Waals surface area contributed by atoms with E-state index in [0.29, 0.717) is 11.5 Å². The first-order valence-corrected chi connectivity index (χ1v) is 9.83. The summed E-state index contributed by atoms with van der Waals surface area (Å²) in [4.78, 5) is 28.6. The Hall–Kier alpha value is -2.11. The number of rotatable bonds is 5. The number of amides is 1. The first kappa shape index (κ1) is 17.3. The van der Waals surface area contributed by atoms with Crippen molar-refractivity contribution < 1.29 is 9.59 Å². The lowest BCUT2D eigenvalue weighted by molar-refractivity contribution is 0.0923. The molecule has 0 aromatic heterocycles. The normalized spacial score (nSPS) is 23.8. The topological polar surface area (TPSA) is 49.4 Å². The smallest absolute Gasteiger partial charge is 0.251 e. The fourth-order valence-corrected chi connectivity index (χ4v) is 4.84. The zero-order valence-corrected chi connectivity index (χ0v) is 15.6. The van der Waals surface area contributed by atoms with Gasteiger partial charge in [-0.05, 0) is 56.1 Å². The van der Waals surface area contributed by atoms with Gasteiger partial charge in [-0.15, -0.1) is 0 Å². The fourth-order valence-electron chi connectivity index (χ4n) is 3.85. The highest BCUT2D eigenvalue weighted by Crippen LogP contribution is 2.31. The summed E-state index contributed by atoms with van der Waals surface area (Å²) in [5, 5.41) is 3.19. The number of ketones is 1. The Morgan fingerprint density at radius 1 is 1.08 bits per heavy atom. The summed E-state index contributed by atoms with van der Waals surface area (Å²) < 4.78 is 0. The van der Waals surface area contributed by atoms with Crippen LogP contribution in [0.25, 0.3) is 0 Å². The highest BCUT2D eigenvalue weighted by molar-refractivity contribution is 7.99. The van der Waals surface area contributed by atoms with Crippen molar-refractivity contribution in [2.45, 2.75) is 29.2 Å². The van der Waals surface area contributed by atoms with E-state index in [1.807, 2.05) is 48.5 Å². The van der Waals surface area contributed by atoms with Crippen molar-refractivity contribution in [2.75, 3.05) is 19.6 Å². The van der Waals surface area contributed by atoms with Gasteiger partial charge < -0.3 is 10.2 Å². The van der Waals surface area contributed by atoms with Crippen molar-refractivity contribution in [3.63, 3.8) is 0 Å². The molecule has 134 valence electrons. The van der Waals surface area contributed by atoms with E-state index in [-0.39, 0.29) is 17.7 Å². The Labute approximate surface area is 158 Å². The van der Waals surface area contributed by atoms with Crippen LogP contribution < -0.4 is 5.32 Å². The molecule has 2 aromatic carbocycles. The SMILES string of the molecule is CC(=O)c1ccccc1Sc1ccc(C(=O)NC2CN3CC[C@H]2C3)cc1. The summed E-state index contributed by atoms with van der Waals surface area (Å²) >= 11 is 1.55. The summed E-state index contributed by atoms with van der Waals surface area (Å²) in [5.41, 5.74) is 1.41.